The molecule has 4 nitrogen and oxygen atoms in total. The second-order valence-electron chi connectivity index (χ2n) is 6.94. The molecular formula is C19H23N3OSi. The van der Waals surface area contributed by atoms with Gasteiger partial charge in [-0.25, -0.2) is 9.98 Å². The van der Waals surface area contributed by atoms with Gasteiger partial charge in [-0.15, -0.1) is 0 Å². The fourth-order valence-electron chi connectivity index (χ4n) is 2.53. The Balaban J connectivity index is 2.03. The van der Waals surface area contributed by atoms with E-state index in [4.69, 9.17) is 9.42 Å². The highest BCUT2D eigenvalue weighted by atomic mass is 28.4. The molecule has 0 aliphatic heterocycles. The van der Waals surface area contributed by atoms with E-state index in [2.05, 4.69) is 42.6 Å². The van der Waals surface area contributed by atoms with E-state index in [0.29, 0.717) is 0 Å². The standard InChI is InChI=1S/C19H23N3OSi/c1-13-9-8-12-17(23-24(3,4)5)18(13)20-14(2)19-21-15-10-6-7-11-16(15)22-19/h6-12H,1-5H3,(H,21,22). The van der Waals surface area contributed by atoms with Gasteiger partial charge in [0, 0.05) is 0 Å². The Hall–Kier alpha value is -2.40. The van der Waals surface area contributed by atoms with Crippen LogP contribution in [0.2, 0.25) is 19.6 Å². The highest BCUT2D eigenvalue weighted by Gasteiger charge is 2.19. The first-order valence-corrected chi connectivity index (χ1v) is 11.5. The largest absolute Gasteiger partial charge is 0.543 e. The number of H-pyrrole nitrogens is 1. The molecule has 1 N–H and O–H groups in total. The highest BCUT2D eigenvalue weighted by Crippen LogP contribution is 2.33. The number of para-hydroxylation sites is 3. The third kappa shape index (κ3) is 3.57. The minimum Gasteiger partial charge on any atom is -0.543 e. The third-order valence-electron chi connectivity index (χ3n) is 3.63. The lowest BCUT2D eigenvalue weighted by Crippen LogP contribution is -2.29. The van der Waals surface area contributed by atoms with Crippen LogP contribution in [0.5, 0.6) is 5.75 Å². The maximum absolute atomic E-state index is 6.21. The monoisotopic (exact) mass is 337 g/mol. The third-order valence-corrected chi connectivity index (χ3v) is 4.46. The van der Waals surface area contributed by atoms with Crippen molar-refractivity contribution in [1.29, 1.82) is 0 Å². The summed E-state index contributed by atoms with van der Waals surface area (Å²) in [4.78, 5) is 12.8. The summed E-state index contributed by atoms with van der Waals surface area (Å²) in [5.74, 6) is 1.64. The molecule has 3 aromatic rings. The molecule has 0 spiro atoms. The molecule has 0 aliphatic rings. The number of aliphatic imine (C=N–C) groups is 1. The summed E-state index contributed by atoms with van der Waals surface area (Å²) in [6.07, 6.45) is 0. The summed E-state index contributed by atoms with van der Waals surface area (Å²) in [5, 5.41) is 0. The molecule has 124 valence electrons. The van der Waals surface area contributed by atoms with Crippen molar-refractivity contribution in [3.05, 3.63) is 53.9 Å². The molecule has 0 amide bonds. The molecule has 1 aromatic heterocycles. The van der Waals surface area contributed by atoms with E-state index >= 15 is 0 Å². The molecule has 24 heavy (non-hydrogen) atoms. The van der Waals surface area contributed by atoms with Crippen LogP contribution in [0.3, 0.4) is 0 Å². The number of hydrogen-bond donors (Lipinski definition) is 1. The number of aromatic amines is 1. The first-order chi connectivity index (χ1) is 11.3. The van der Waals surface area contributed by atoms with Crippen molar-refractivity contribution in [3.8, 4) is 5.75 Å². The number of imidazole rings is 1. The molecular weight excluding hydrogens is 314 g/mol. The number of benzene rings is 2. The van der Waals surface area contributed by atoms with Crippen molar-refractivity contribution >= 4 is 30.7 Å². The molecule has 0 saturated heterocycles. The van der Waals surface area contributed by atoms with Crippen LogP contribution in [0.1, 0.15) is 18.3 Å². The molecule has 0 atom stereocenters. The van der Waals surface area contributed by atoms with E-state index in [9.17, 15) is 0 Å². The second-order valence-corrected chi connectivity index (χ2v) is 11.4. The summed E-state index contributed by atoms with van der Waals surface area (Å²) < 4.78 is 6.21. The fraction of sp³-hybridized carbons (Fsp3) is 0.263. The second kappa shape index (κ2) is 6.24. The Morgan fingerprint density at radius 3 is 2.54 bits per heavy atom. The number of nitrogens with one attached hydrogen (secondary N) is 1. The van der Waals surface area contributed by atoms with E-state index < -0.39 is 8.32 Å². The first kappa shape index (κ1) is 16.5. The molecule has 0 bridgehead atoms. The van der Waals surface area contributed by atoms with Crippen molar-refractivity contribution in [2.45, 2.75) is 33.5 Å². The van der Waals surface area contributed by atoms with Gasteiger partial charge in [0.2, 0.25) is 8.32 Å². The lowest BCUT2D eigenvalue weighted by atomic mass is 10.2. The molecule has 5 heteroatoms. The summed E-state index contributed by atoms with van der Waals surface area (Å²) in [5.41, 5.74) is 4.80. The van der Waals surface area contributed by atoms with Gasteiger partial charge in [-0.3, -0.25) is 0 Å². The minimum atomic E-state index is -1.70. The molecule has 0 saturated carbocycles. The van der Waals surface area contributed by atoms with Gasteiger partial charge in [0.15, 0.2) is 5.82 Å². The SMILES string of the molecule is CC(=Nc1c(C)cccc1O[Si](C)(C)C)c1nc2ccccc2[nH]1. The van der Waals surface area contributed by atoms with E-state index in [1.165, 1.54) is 0 Å². The Labute approximate surface area is 143 Å². The van der Waals surface area contributed by atoms with Crippen LogP contribution in [0.15, 0.2) is 47.5 Å². The lowest BCUT2D eigenvalue weighted by Gasteiger charge is -2.21. The predicted octanol–water partition coefficient (Wildman–Crippen LogP) is 5.23. The molecule has 0 aliphatic carbocycles. The van der Waals surface area contributed by atoms with Crippen LogP contribution >= 0.6 is 0 Å². The number of fused-ring (bicyclic) bond motifs is 1. The van der Waals surface area contributed by atoms with Crippen LogP contribution < -0.4 is 4.43 Å². The van der Waals surface area contributed by atoms with E-state index in [1.54, 1.807) is 0 Å². The maximum atomic E-state index is 6.21. The minimum absolute atomic E-state index is 0.790. The zero-order chi connectivity index (χ0) is 17.3. The summed E-state index contributed by atoms with van der Waals surface area (Å²) in [6.45, 7) is 10.6. The average Bonchev–Trinajstić information content (AvgIpc) is 2.93. The predicted molar refractivity (Wildman–Crippen MR) is 103 cm³/mol. The molecule has 2 aromatic carbocycles. The fourth-order valence-corrected chi connectivity index (χ4v) is 3.36. The summed E-state index contributed by atoms with van der Waals surface area (Å²) in [7, 11) is -1.70. The summed E-state index contributed by atoms with van der Waals surface area (Å²) >= 11 is 0. The number of hydrogen-bond acceptors (Lipinski definition) is 3. The number of nitrogens with zero attached hydrogens (tertiary/aromatic N) is 2. The van der Waals surface area contributed by atoms with E-state index in [0.717, 1.165) is 39.6 Å². The van der Waals surface area contributed by atoms with Crippen LogP contribution in [-0.4, -0.2) is 24.0 Å². The number of aromatic nitrogens is 2. The van der Waals surface area contributed by atoms with Crippen molar-refractivity contribution < 1.29 is 4.43 Å². The van der Waals surface area contributed by atoms with Gasteiger partial charge >= 0.3 is 0 Å². The van der Waals surface area contributed by atoms with E-state index in [-0.39, 0.29) is 0 Å². The van der Waals surface area contributed by atoms with Crippen LogP contribution in [0.4, 0.5) is 5.69 Å². The molecule has 0 unspecified atom stereocenters. The molecule has 0 fully saturated rings. The quantitative estimate of drug-likeness (QED) is 0.524. The van der Waals surface area contributed by atoms with Gasteiger partial charge in [0.1, 0.15) is 11.4 Å². The smallest absolute Gasteiger partial charge is 0.242 e. The average molecular weight is 337 g/mol. The molecule has 3 rings (SSSR count). The van der Waals surface area contributed by atoms with Crippen molar-refractivity contribution in [2.24, 2.45) is 4.99 Å². The van der Waals surface area contributed by atoms with Gasteiger partial charge in [0.05, 0.1) is 16.7 Å². The maximum Gasteiger partial charge on any atom is 0.242 e. The lowest BCUT2D eigenvalue weighted by molar-refractivity contribution is 0.558. The Bertz CT molecular complexity index is 873. The summed E-state index contributed by atoms with van der Waals surface area (Å²) in [6, 6.07) is 14.1. The number of rotatable bonds is 4. The van der Waals surface area contributed by atoms with Crippen LogP contribution in [0, 0.1) is 6.92 Å². The number of aryl methyl sites for hydroxylation is 1. The first-order valence-electron chi connectivity index (χ1n) is 8.12. The normalized spacial score (nSPS) is 12.6. The van der Waals surface area contributed by atoms with Crippen LogP contribution in [-0.2, 0) is 0 Å². The van der Waals surface area contributed by atoms with Gasteiger partial charge in [-0.2, -0.15) is 0 Å². The van der Waals surface area contributed by atoms with Crippen molar-refractivity contribution in [1.82, 2.24) is 9.97 Å². The Morgan fingerprint density at radius 2 is 1.83 bits per heavy atom. The topological polar surface area (TPSA) is 50.3 Å². The van der Waals surface area contributed by atoms with E-state index in [1.807, 2.05) is 43.3 Å². The van der Waals surface area contributed by atoms with Crippen LogP contribution in [0.25, 0.3) is 11.0 Å². The molecule has 1 heterocycles. The van der Waals surface area contributed by atoms with Gasteiger partial charge < -0.3 is 9.41 Å². The highest BCUT2D eigenvalue weighted by molar-refractivity contribution is 6.70. The van der Waals surface area contributed by atoms with Gasteiger partial charge in [0.25, 0.3) is 0 Å². The zero-order valence-electron chi connectivity index (χ0n) is 14.8. The van der Waals surface area contributed by atoms with Crippen molar-refractivity contribution in [2.75, 3.05) is 0 Å². The zero-order valence-corrected chi connectivity index (χ0v) is 15.8. The molecule has 0 radical (unpaired) electrons. The van der Waals surface area contributed by atoms with Crippen molar-refractivity contribution in [3.63, 3.8) is 0 Å². The Morgan fingerprint density at radius 1 is 1.08 bits per heavy atom. The van der Waals surface area contributed by atoms with Gasteiger partial charge in [-0.05, 0) is 57.3 Å². The Kier molecular flexibility index (Phi) is 4.28. The van der Waals surface area contributed by atoms with Gasteiger partial charge in [-0.1, -0.05) is 24.3 Å².